The van der Waals surface area contributed by atoms with E-state index in [0.29, 0.717) is 5.56 Å². The Kier molecular flexibility index (Phi) is 2.28. The topological polar surface area (TPSA) is 45.0 Å². The van der Waals surface area contributed by atoms with Crippen LogP contribution < -0.4 is 10.1 Å². The maximum Gasteiger partial charge on any atom is 0.144 e. The zero-order chi connectivity index (χ0) is 9.97. The Bertz CT molecular complexity index is 381. The van der Waals surface area contributed by atoms with Crippen molar-refractivity contribution in [1.82, 2.24) is 0 Å². The van der Waals surface area contributed by atoms with Gasteiger partial charge < -0.3 is 10.1 Å². The highest BCUT2D eigenvalue weighted by Gasteiger charge is 2.17. The van der Waals surface area contributed by atoms with Crippen LogP contribution in [-0.2, 0) is 0 Å². The number of hydrogen-bond donors (Lipinski definition) is 1. The summed E-state index contributed by atoms with van der Waals surface area (Å²) in [5.41, 5.74) is 1.62. The van der Waals surface area contributed by atoms with E-state index in [1.54, 1.807) is 12.1 Å². The highest BCUT2D eigenvalue weighted by atomic mass is 16.5. The number of nitrogens with one attached hydrogen (secondary N) is 1. The number of hydrogen-bond acceptors (Lipinski definition) is 3. The molecule has 0 amide bonds. The van der Waals surface area contributed by atoms with Gasteiger partial charge in [-0.2, -0.15) is 5.26 Å². The van der Waals surface area contributed by atoms with Gasteiger partial charge in [-0.25, -0.2) is 0 Å². The summed E-state index contributed by atoms with van der Waals surface area (Å²) < 4.78 is 5.71. The fourth-order valence-corrected chi connectivity index (χ4v) is 1.51. The lowest BCUT2D eigenvalue weighted by Crippen LogP contribution is -2.29. The minimum atomic E-state index is 0.219. The second-order valence-corrected chi connectivity index (χ2v) is 3.35. The predicted molar refractivity (Wildman–Crippen MR) is 54.4 cm³/mol. The van der Waals surface area contributed by atoms with Gasteiger partial charge in [-0.05, 0) is 18.6 Å². The molecule has 1 unspecified atom stereocenters. The van der Waals surface area contributed by atoms with Crippen molar-refractivity contribution in [3.63, 3.8) is 0 Å². The molecular formula is C11H12N2O. The second kappa shape index (κ2) is 3.59. The van der Waals surface area contributed by atoms with E-state index in [-0.39, 0.29) is 6.10 Å². The Hall–Kier alpha value is -1.69. The third kappa shape index (κ3) is 1.51. The third-order valence-corrected chi connectivity index (χ3v) is 2.38. The maximum absolute atomic E-state index is 8.74. The zero-order valence-corrected chi connectivity index (χ0v) is 8.08. The van der Waals surface area contributed by atoms with Crippen molar-refractivity contribution in [2.24, 2.45) is 0 Å². The first-order valence-electron chi connectivity index (χ1n) is 4.78. The second-order valence-electron chi connectivity index (χ2n) is 3.35. The fraction of sp³-hybridized carbons (Fsp3) is 0.364. The summed E-state index contributed by atoms with van der Waals surface area (Å²) in [7, 11) is 0. The van der Waals surface area contributed by atoms with Gasteiger partial charge >= 0.3 is 0 Å². The Morgan fingerprint density at radius 2 is 2.50 bits per heavy atom. The molecule has 1 aromatic rings. The van der Waals surface area contributed by atoms with Crippen molar-refractivity contribution in [3.8, 4) is 11.8 Å². The highest BCUT2D eigenvalue weighted by molar-refractivity contribution is 5.60. The summed E-state index contributed by atoms with van der Waals surface area (Å²) >= 11 is 0. The molecule has 2 rings (SSSR count). The molecule has 1 aliphatic rings. The van der Waals surface area contributed by atoms with Gasteiger partial charge in [0.2, 0.25) is 0 Å². The maximum atomic E-state index is 8.74. The van der Waals surface area contributed by atoms with Gasteiger partial charge in [-0.1, -0.05) is 6.92 Å². The normalized spacial score (nSPS) is 18.7. The van der Waals surface area contributed by atoms with Gasteiger partial charge in [-0.15, -0.1) is 0 Å². The van der Waals surface area contributed by atoms with Crippen molar-refractivity contribution in [1.29, 1.82) is 5.26 Å². The average molecular weight is 188 g/mol. The summed E-state index contributed by atoms with van der Waals surface area (Å²) in [4.78, 5) is 0. The Morgan fingerprint density at radius 1 is 1.64 bits per heavy atom. The lowest BCUT2D eigenvalue weighted by molar-refractivity contribution is 0.202. The van der Waals surface area contributed by atoms with Gasteiger partial charge in [0, 0.05) is 6.07 Å². The number of rotatable bonds is 1. The number of fused-ring (bicyclic) bond motifs is 1. The Morgan fingerprint density at radius 3 is 3.21 bits per heavy atom. The zero-order valence-electron chi connectivity index (χ0n) is 8.08. The quantitative estimate of drug-likeness (QED) is 0.734. The Labute approximate surface area is 83.3 Å². The molecular weight excluding hydrogens is 176 g/mol. The fourth-order valence-electron chi connectivity index (χ4n) is 1.51. The van der Waals surface area contributed by atoms with Crippen LogP contribution in [0.5, 0.6) is 5.75 Å². The molecule has 1 atom stereocenters. The van der Waals surface area contributed by atoms with E-state index in [2.05, 4.69) is 18.3 Å². The molecule has 14 heavy (non-hydrogen) atoms. The summed E-state index contributed by atoms with van der Waals surface area (Å²) in [6.07, 6.45) is 1.19. The SMILES string of the molecule is CCC1CNc2ccc(C#N)cc2O1. The van der Waals surface area contributed by atoms with Gasteiger partial charge in [0.1, 0.15) is 11.9 Å². The summed E-state index contributed by atoms with van der Waals surface area (Å²) in [6, 6.07) is 7.57. The van der Waals surface area contributed by atoms with Crippen LogP contribution in [0.15, 0.2) is 18.2 Å². The van der Waals surface area contributed by atoms with Crippen molar-refractivity contribution < 1.29 is 4.74 Å². The van der Waals surface area contributed by atoms with Gasteiger partial charge in [0.15, 0.2) is 0 Å². The Balaban J connectivity index is 2.31. The summed E-state index contributed by atoms with van der Waals surface area (Å²) in [5, 5.41) is 12.0. The molecule has 0 saturated carbocycles. The molecule has 0 radical (unpaired) electrons. The number of ether oxygens (including phenoxy) is 1. The van der Waals surface area contributed by atoms with E-state index in [4.69, 9.17) is 10.00 Å². The highest BCUT2D eigenvalue weighted by Crippen LogP contribution is 2.30. The van der Waals surface area contributed by atoms with E-state index in [1.807, 2.05) is 6.07 Å². The minimum absolute atomic E-state index is 0.219. The molecule has 72 valence electrons. The summed E-state index contributed by atoms with van der Waals surface area (Å²) in [6.45, 7) is 2.93. The van der Waals surface area contributed by atoms with Crippen LogP contribution in [0, 0.1) is 11.3 Å². The van der Waals surface area contributed by atoms with Crippen molar-refractivity contribution in [2.75, 3.05) is 11.9 Å². The van der Waals surface area contributed by atoms with E-state index in [9.17, 15) is 0 Å². The molecule has 0 bridgehead atoms. The molecule has 0 saturated heterocycles. The van der Waals surface area contributed by atoms with Gasteiger partial charge in [0.25, 0.3) is 0 Å². The largest absolute Gasteiger partial charge is 0.486 e. The smallest absolute Gasteiger partial charge is 0.144 e. The monoisotopic (exact) mass is 188 g/mol. The number of anilines is 1. The summed E-state index contributed by atoms with van der Waals surface area (Å²) in [5.74, 6) is 0.794. The van der Waals surface area contributed by atoms with Crippen molar-refractivity contribution >= 4 is 5.69 Å². The lowest BCUT2D eigenvalue weighted by Gasteiger charge is -2.26. The van der Waals surface area contributed by atoms with E-state index in [0.717, 1.165) is 24.4 Å². The van der Waals surface area contributed by atoms with Gasteiger partial charge in [-0.3, -0.25) is 0 Å². The predicted octanol–water partition coefficient (Wildman–Crippen LogP) is 2.14. The molecule has 0 aliphatic carbocycles. The molecule has 0 spiro atoms. The molecule has 0 aromatic heterocycles. The lowest BCUT2D eigenvalue weighted by atomic mass is 10.1. The van der Waals surface area contributed by atoms with E-state index >= 15 is 0 Å². The van der Waals surface area contributed by atoms with Crippen molar-refractivity contribution in [3.05, 3.63) is 23.8 Å². The van der Waals surface area contributed by atoms with E-state index < -0.39 is 0 Å². The molecule has 3 heteroatoms. The van der Waals surface area contributed by atoms with Gasteiger partial charge in [0.05, 0.1) is 23.9 Å². The first kappa shape index (κ1) is 8.89. The number of nitrogens with zero attached hydrogens (tertiary/aromatic N) is 1. The average Bonchev–Trinajstić information content (AvgIpc) is 2.27. The molecule has 1 aliphatic heterocycles. The third-order valence-electron chi connectivity index (χ3n) is 2.38. The molecule has 3 nitrogen and oxygen atoms in total. The number of benzene rings is 1. The van der Waals surface area contributed by atoms with Crippen LogP contribution in [0.2, 0.25) is 0 Å². The molecule has 1 aromatic carbocycles. The molecule has 1 heterocycles. The van der Waals surface area contributed by atoms with Crippen LogP contribution in [0.1, 0.15) is 18.9 Å². The number of nitriles is 1. The van der Waals surface area contributed by atoms with Crippen LogP contribution in [0.4, 0.5) is 5.69 Å². The van der Waals surface area contributed by atoms with Crippen LogP contribution >= 0.6 is 0 Å². The van der Waals surface area contributed by atoms with Crippen molar-refractivity contribution in [2.45, 2.75) is 19.4 Å². The van der Waals surface area contributed by atoms with E-state index in [1.165, 1.54) is 0 Å². The van der Waals surface area contributed by atoms with Crippen LogP contribution in [0.3, 0.4) is 0 Å². The molecule has 0 fully saturated rings. The molecule has 1 N–H and O–H groups in total. The standard InChI is InChI=1S/C11H12N2O/c1-2-9-7-13-10-4-3-8(6-12)5-11(10)14-9/h3-5,9,13H,2,7H2,1H3. The first-order chi connectivity index (χ1) is 6.83. The van der Waals surface area contributed by atoms with Crippen LogP contribution in [-0.4, -0.2) is 12.6 Å². The first-order valence-corrected chi connectivity index (χ1v) is 4.78. The minimum Gasteiger partial charge on any atom is -0.486 e. The van der Waals surface area contributed by atoms with Crippen LogP contribution in [0.25, 0.3) is 0 Å².